The van der Waals surface area contributed by atoms with Gasteiger partial charge in [-0.1, -0.05) is 43.7 Å². The molecule has 0 saturated carbocycles. The van der Waals surface area contributed by atoms with Gasteiger partial charge in [-0.2, -0.15) is 0 Å². The molecular weight excluding hydrogens is 248 g/mol. The van der Waals surface area contributed by atoms with Crippen LogP contribution in [0.1, 0.15) is 44.6 Å². The van der Waals surface area contributed by atoms with E-state index < -0.39 is 0 Å². The number of hydrogen-bond acceptors (Lipinski definition) is 2. The normalized spacial score (nSPS) is 20.8. The monoisotopic (exact) mass is 274 g/mol. The Hall–Kier alpha value is -1.35. The highest BCUT2D eigenvalue weighted by Crippen LogP contribution is 2.26. The maximum Gasteiger partial charge on any atom is 0.234 e. The summed E-state index contributed by atoms with van der Waals surface area (Å²) in [6.45, 7) is 6.79. The Balaban J connectivity index is 1.77. The molecule has 2 rings (SSSR count). The van der Waals surface area contributed by atoms with Gasteiger partial charge >= 0.3 is 0 Å². The molecular formula is C17H26N2O. The van der Waals surface area contributed by atoms with Gasteiger partial charge in [0.25, 0.3) is 0 Å². The summed E-state index contributed by atoms with van der Waals surface area (Å²) in [6, 6.07) is 10.9. The van der Waals surface area contributed by atoms with E-state index in [1.165, 1.54) is 5.56 Å². The summed E-state index contributed by atoms with van der Waals surface area (Å²) in [5.41, 5.74) is 1.40. The summed E-state index contributed by atoms with van der Waals surface area (Å²) in [6.07, 6.45) is 3.32. The lowest BCUT2D eigenvalue weighted by Gasteiger charge is -2.18. The van der Waals surface area contributed by atoms with E-state index in [1.54, 1.807) is 0 Å². The first-order valence-corrected chi connectivity index (χ1v) is 7.75. The third-order valence-corrected chi connectivity index (χ3v) is 4.04. The van der Waals surface area contributed by atoms with Gasteiger partial charge in [0, 0.05) is 12.6 Å². The molecule has 0 radical (unpaired) electrons. The maximum absolute atomic E-state index is 12.0. The molecule has 1 aromatic carbocycles. The number of hydrogen-bond donors (Lipinski definition) is 1. The van der Waals surface area contributed by atoms with Gasteiger partial charge in [-0.25, -0.2) is 0 Å². The summed E-state index contributed by atoms with van der Waals surface area (Å²) in [7, 11) is 0. The van der Waals surface area contributed by atoms with Gasteiger partial charge in [-0.05, 0) is 37.8 Å². The van der Waals surface area contributed by atoms with E-state index in [4.69, 9.17) is 0 Å². The van der Waals surface area contributed by atoms with Crippen LogP contribution in [0.25, 0.3) is 0 Å². The van der Waals surface area contributed by atoms with E-state index in [1.807, 2.05) is 0 Å². The van der Waals surface area contributed by atoms with Gasteiger partial charge in [0.05, 0.1) is 6.54 Å². The lowest BCUT2D eigenvalue weighted by atomic mass is 9.99. The molecule has 1 aliphatic heterocycles. The molecule has 3 nitrogen and oxygen atoms in total. The van der Waals surface area contributed by atoms with Crippen LogP contribution in [0.15, 0.2) is 30.3 Å². The molecule has 0 aliphatic carbocycles. The van der Waals surface area contributed by atoms with Crippen LogP contribution in [0, 0.1) is 0 Å². The summed E-state index contributed by atoms with van der Waals surface area (Å²) in [5, 5.41) is 3.08. The Labute approximate surface area is 122 Å². The van der Waals surface area contributed by atoms with Crippen molar-refractivity contribution in [3.8, 4) is 0 Å². The van der Waals surface area contributed by atoms with Gasteiger partial charge in [-0.15, -0.1) is 0 Å². The molecule has 20 heavy (non-hydrogen) atoms. The van der Waals surface area contributed by atoms with Crippen molar-refractivity contribution in [2.75, 3.05) is 19.6 Å². The number of nitrogens with zero attached hydrogens (tertiary/aromatic N) is 1. The minimum atomic E-state index is 0.166. The highest BCUT2D eigenvalue weighted by atomic mass is 16.2. The van der Waals surface area contributed by atoms with Crippen molar-refractivity contribution in [2.45, 2.75) is 45.1 Å². The first-order chi connectivity index (χ1) is 9.69. The van der Waals surface area contributed by atoms with E-state index in [-0.39, 0.29) is 5.91 Å². The fourth-order valence-electron chi connectivity index (χ4n) is 3.00. The minimum Gasteiger partial charge on any atom is -0.353 e. The van der Waals surface area contributed by atoms with Gasteiger partial charge in [0.15, 0.2) is 0 Å². The average molecular weight is 274 g/mol. The molecule has 1 amide bonds. The number of rotatable bonds is 6. The second-order valence-corrected chi connectivity index (χ2v) is 5.89. The zero-order chi connectivity index (χ0) is 14.4. The van der Waals surface area contributed by atoms with Crippen LogP contribution in [0.2, 0.25) is 0 Å². The highest BCUT2D eigenvalue weighted by Gasteiger charge is 2.25. The summed E-state index contributed by atoms with van der Waals surface area (Å²) in [4.78, 5) is 14.2. The van der Waals surface area contributed by atoms with Crippen molar-refractivity contribution in [2.24, 2.45) is 0 Å². The predicted molar refractivity (Wildman–Crippen MR) is 82.8 cm³/mol. The van der Waals surface area contributed by atoms with E-state index in [9.17, 15) is 4.79 Å². The molecule has 0 aromatic heterocycles. The molecule has 1 fully saturated rings. The number of nitrogens with one attached hydrogen (secondary N) is 1. The standard InChI is InChI=1S/C17H26N2O/c1-3-7-14(2)18-17(20)13-19-11-10-16(12-19)15-8-5-4-6-9-15/h4-6,8-9,14,16H,3,7,10-13H2,1-2H3,(H,18,20). The molecule has 1 aliphatic rings. The van der Waals surface area contributed by atoms with E-state index in [0.29, 0.717) is 18.5 Å². The third kappa shape index (κ3) is 4.34. The second-order valence-electron chi connectivity index (χ2n) is 5.89. The van der Waals surface area contributed by atoms with Crippen LogP contribution in [-0.4, -0.2) is 36.5 Å². The average Bonchev–Trinajstić information content (AvgIpc) is 2.88. The SMILES string of the molecule is CCCC(C)NC(=O)CN1CCC(c2ccccc2)C1. The second kappa shape index (κ2) is 7.44. The van der Waals surface area contributed by atoms with Gasteiger partial charge < -0.3 is 5.32 Å². The van der Waals surface area contributed by atoms with Gasteiger partial charge in [0.1, 0.15) is 0 Å². The van der Waals surface area contributed by atoms with Gasteiger partial charge in [0.2, 0.25) is 5.91 Å². The molecule has 0 bridgehead atoms. The molecule has 1 heterocycles. The zero-order valence-electron chi connectivity index (χ0n) is 12.6. The summed E-state index contributed by atoms with van der Waals surface area (Å²) < 4.78 is 0. The topological polar surface area (TPSA) is 32.3 Å². The molecule has 2 unspecified atom stereocenters. The van der Waals surface area contributed by atoms with Crippen LogP contribution in [0.3, 0.4) is 0 Å². The van der Waals surface area contributed by atoms with Crippen molar-refractivity contribution in [1.29, 1.82) is 0 Å². The van der Waals surface area contributed by atoms with Crippen LogP contribution in [0.4, 0.5) is 0 Å². The summed E-state index contributed by atoms with van der Waals surface area (Å²) in [5.74, 6) is 0.747. The predicted octanol–water partition coefficient (Wildman–Crippen LogP) is 2.78. The number of carbonyl (C=O) groups excluding carboxylic acids is 1. The number of benzene rings is 1. The molecule has 3 heteroatoms. The first kappa shape index (κ1) is 15.0. The number of likely N-dealkylation sites (tertiary alicyclic amines) is 1. The van der Waals surface area contributed by atoms with Crippen molar-refractivity contribution < 1.29 is 4.79 Å². The lowest BCUT2D eigenvalue weighted by molar-refractivity contribution is -0.122. The van der Waals surface area contributed by atoms with Crippen molar-refractivity contribution in [3.05, 3.63) is 35.9 Å². The van der Waals surface area contributed by atoms with Crippen LogP contribution < -0.4 is 5.32 Å². The largest absolute Gasteiger partial charge is 0.353 e. The summed E-state index contributed by atoms with van der Waals surface area (Å²) >= 11 is 0. The molecule has 0 spiro atoms. The Morgan fingerprint density at radius 3 is 2.85 bits per heavy atom. The highest BCUT2D eigenvalue weighted by molar-refractivity contribution is 5.78. The Bertz CT molecular complexity index is 418. The lowest BCUT2D eigenvalue weighted by Crippen LogP contribution is -2.40. The van der Waals surface area contributed by atoms with Crippen molar-refractivity contribution in [1.82, 2.24) is 10.2 Å². The van der Waals surface area contributed by atoms with Gasteiger partial charge in [-0.3, -0.25) is 9.69 Å². The quantitative estimate of drug-likeness (QED) is 0.865. The maximum atomic E-state index is 12.0. The van der Waals surface area contributed by atoms with E-state index >= 15 is 0 Å². The van der Waals surface area contributed by atoms with Crippen LogP contribution in [0.5, 0.6) is 0 Å². The van der Waals surface area contributed by atoms with Crippen molar-refractivity contribution in [3.63, 3.8) is 0 Å². The number of amides is 1. The van der Waals surface area contributed by atoms with Crippen molar-refractivity contribution >= 4 is 5.91 Å². The third-order valence-electron chi connectivity index (χ3n) is 4.04. The number of carbonyl (C=O) groups is 1. The fraction of sp³-hybridized carbons (Fsp3) is 0.588. The zero-order valence-corrected chi connectivity index (χ0v) is 12.6. The molecule has 2 atom stereocenters. The Morgan fingerprint density at radius 1 is 1.40 bits per heavy atom. The van der Waals surface area contributed by atoms with Crippen LogP contribution >= 0.6 is 0 Å². The smallest absolute Gasteiger partial charge is 0.234 e. The molecule has 1 saturated heterocycles. The Morgan fingerprint density at radius 2 is 2.15 bits per heavy atom. The molecule has 110 valence electrons. The van der Waals surface area contributed by atoms with E-state index in [2.05, 4.69) is 54.4 Å². The first-order valence-electron chi connectivity index (χ1n) is 7.75. The minimum absolute atomic E-state index is 0.166. The fourth-order valence-corrected chi connectivity index (χ4v) is 3.00. The Kier molecular flexibility index (Phi) is 5.60. The molecule has 1 N–H and O–H groups in total. The molecule has 1 aromatic rings. The van der Waals surface area contributed by atoms with E-state index in [0.717, 1.165) is 32.4 Å². The van der Waals surface area contributed by atoms with Crippen LogP contribution in [-0.2, 0) is 4.79 Å².